The summed E-state index contributed by atoms with van der Waals surface area (Å²) < 4.78 is 6.53. The Hall–Kier alpha value is -1.76. The SMILES string of the molecule is CCOC(=O)c1cnn(-c2nnc(C)s2)c1C. The lowest BCUT2D eigenvalue weighted by molar-refractivity contribution is 0.0525. The van der Waals surface area contributed by atoms with Crippen molar-refractivity contribution in [1.29, 1.82) is 0 Å². The van der Waals surface area contributed by atoms with Crippen molar-refractivity contribution in [3.8, 4) is 5.13 Å². The molecule has 0 radical (unpaired) electrons. The molecule has 0 atom stereocenters. The van der Waals surface area contributed by atoms with Crippen molar-refractivity contribution >= 4 is 17.3 Å². The molecule has 0 aliphatic heterocycles. The number of hydrogen-bond acceptors (Lipinski definition) is 6. The molecule has 0 aliphatic carbocycles. The molecule has 0 fully saturated rings. The zero-order chi connectivity index (χ0) is 12.4. The van der Waals surface area contributed by atoms with Gasteiger partial charge in [-0.1, -0.05) is 11.3 Å². The third kappa shape index (κ3) is 2.19. The molecular weight excluding hydrogens is 240 g/mol. The first-order chi connectivity index (χ1) is 8.13. The largest absolute Gasteiger partial charge is 0.462 e. The summed E-state index contributed by atoms with van der Waals surface area (Å²) in [5.41, 5.74) is 1.17. The number of rotatable bonds is 3. The predicted molar refractivity (Wildman–Crippen MR) is 62.5 cm³/mol. The minimum absolute atomic E-state index is 0.349. The van der Waals surface area contributed by atoms with Gasteiger partial charge in [-0.3, -0.25) is 0 Å². The summed E-state index contributed by atoms with van der Waals surface area (Å²) in [4.78, 5) is 11.6. The van der Waals surface area contributed by atoms with Crippen LogP contribution in [0.25, 0.3) is 5.13 Å². The maximum atomic E-state index is 11.6. The van der Waals surface area contributed by atoms with Gasteiger partial charge >= 0.3 is 5.97 Å². The Morgan fingerprint density at radius 1 is 1.47 bits per heavy atom. The molecular formula is C10H12N4O2S. The summed E-state index contributed by atoms with van der Waals surface area (Å²) in [6, 6.07) is 0. The van der Waals surface area contributed by atoms with Gasteiger partial charge < -0.3 is 4.74 Å². The summed E-state index contributed by atoms with van der Waals surface area (Å²) in [5, 5.41) is 13.5. The minimum atomic E-state index is -0.363. The van der Waals surface area contributed by atoms with Gasteiger partial charge in [-0.05, 0) is 20.8 Å². The van der Waals surface area contributed by atoms with E-state index in [0.717, 1.165) is 5.01 Å². The molecule has 0 aromatic carbocycles. The maximum absolute atomic E-state index is 11.6. The quantitative estimate of drug-likeness (QED) is 0.774. The fourth-order valence-corrected chi connectivity index (χ4v) is 2.08. The highest BCUT2D eigenvalue weighted by Crippen LogP contribution is 2.17. The van der Waals surface area contributed by atoms with E-state index < -0.39 is 0 Å². The normalized spacial score (nSPS) is 10.5. The van der Waals surface area contributed by atoms with Crippen molar-refractivity contribution in [3.05, 3.63) is 22.5 Å². The predicted octanol–water partition coefficient (Wildman–Crippen LogP) is 1.52. The van der Waals surface area contributed by atoms with Gasteiger partial charge in [0.15, 0.2) is 0 Å². The Morgan fingerprint density at radius 3 is 2.82 bits per heavy atom. The molecule has 90 valence electrons. The number of carbonyl (C=O) groups is 1. The molecule has 0 amide bonds. The number of aryl methyl sites for hydroxylation is 1. The van der Waals surface area contributed by atoms with Crippen molar-refractivity contribution in [2.24, 2.45) is 0 Å². The molecule has 17 heavy (non-hydrogen) atoms. The van der Waals surface area contributed by atoms with Gasteiger partial charge in [0.05, 0.1) is 18.5 Å². The van der Waals surface area contributed by atoms with Gasteiger partial charge in [-0.15, -0.1) is 10.2 Å². The first-order valence-corrected chi connectivity index (χ1v) is 5.97. The van der Waals surface area contributed by atoms with Gasteiger partial charge in [-0.25, -0.2) is 9.48 Å². The standard InChI is InChI=1S/C10H12N4O2S/c1-4-16-9(15)8-5-11-14(6(8)2)10-13-12-7(3)17-10/h5H,4H2,1-3H3. The van der Waals surface area contributed by atoms with Crippen LogP contribution in [0.3, 0.4) is 0 Å². The summed E-state index contributed by atoms with van der Waals surface area (Å²) in [6.07, 6.45) is 1.49. The van der Waals surface area contributed by atoms with E-state index in [9.17, 15) is 4.79 Å². The van der Waals surface area contributed by atoms with Crippen LogP contribution in [0.5, 0.6) is 0 Å². The molecule has 6 nitrogen and oxygen atoms in total. The molecule has 0 saturated heterocycles. The van der Waals surface area contributed by atoms with Crippen molar-refractivity contribution < 1.29 is 9.53 Å². The van der Waals surface area contributed by atoms with Gasteiger partial charge in [0.1, 0.15) is 10.6 Å². The second-order valence-electron chi connectivity index (χ2n) is 3.38. The topological polar surface area (TPSA) is 69.9 Å². The average Bonchev–Trinajstić information content (AvgIpc) is 2.85. The van der Waals surface area contributed by atoms with Crippen LogP contribution in [0.4, 0.5) is 0 Å². The molecule has 2 rings (SSSR count). The van der Waals surface area contributed by atoms with Gasteiger partial charge in [0.25, 0.3) is 0 Å². The van der Waals surface area contributed by atoms with Crippen LogP contribution >= 0.6 is 11.3 Å². The molecule has 0 spiro atoms. The lowest BCUT2D eigenvalue weighted by Gasteiger charge is -2.01. The van der Waals surface area contributed by atoms with Gasteiger partial charge in [0, 0.05) is 0 Å². The third-order valence-corrected chi connectivity index (χ3v) is 3.02. The van der Waals surface area contributed by atoms with Crippen LogP contribution in [0, 0.1) is 13.8 Å². The number of esters is 1. The zero-order valence-electron chi connectivity index (χ0n) is 9.80. The summed E-state index contributed by atoms with van der Waals surface area (Å²) in [5.74, 6) is -0.363. The van der Waals surface area contributed by atoms with E-state index in [4.69, 9.17) is 4.74 Å². The van der Waals surface area contributed by atoms with Gasteiger partial charge in [-0.2, -0.15) is 5.10 Å². The molecule has 0 saturated carbocycles. The van der Waals surface area contributed by atoms with Crippen LogP contribution in [-0.2, 0) is 4.74 Å². The average molecular weight is 252 g/mol. The summed E-state index contributed by atoms with van der Waals surface area (Å²) >= 11 is 1.42. The van der Waals surface area contributed by atoms with E-state index in [1.807, 2.05) is 6.92 Å². The van der Waals surface area contributed by atoms with Crippen LogP contribution in [0.15, 0.2) is 6.20 Å². The minimum Gasteiger partial charge on any atom is -0.462 e. The second-order valence-corrected chi connectivity index (χ2v) is 4.54. The molecule has 2 heterocycles. The molecule has 0 N–H and O–H groups in total. The first-order valence-electron chi connectivity index (χ1n) is 5.15. The smallest absolute Gasteiger partial charge is 0.341 e. The van der Waals surface area contributed by atoms with E-state index in [-0.39, 0.29) is 5.97 Å². The zero-order valence-corrected chi connectivity index (χ0v) is 10.6. The first kappa shape index (κ1) is 11.7. The van der Waals surface area contributed by atoms with E-state index in [1.165, 1.54) is 17.5 Å². The number of carbonyl (C=O) groups excluding carboxylic acids is 1. The van der Waals surface area contributed by atoms with Gasteiger partial charge in [0.2, 0.25) is 5.13 Å². The fourth-order valence-electron chi connectivity index (χ4n) is 1.38. The lowest BCUT2D eigenvalue weighted by atomic mass is 10.3. The monoisotopic (exact) mass is 252 g/mol. The summed E-state index contributed by atoms with van der Waals surface area (Å²) in [7, 11) is 0. The van der Waals surface area contributed by atoms with Crippen LogP contribution in [0.2, 0.25) is 0 Å². The van der Waals surface area contributed by atoms with E-state index >= 15 is 0 Å². The molecule has 2 aromatic heterocycles. The molecule has 0 bridgehead atoms. The highest BCUT2D eigenvalue weighted by atomic mass is 32.1. The number of ether oxygens (including phenoxy) is 1. The van der Waals surface area contributed by atoms with Crippen molar-refractivity contribution in [2.45, 2.75) is 20.8 Å². The Morgan fingerprint density at radius 2 is 2.24 bits per heavy atom. The van der Waals surface area contributed by atoms with E-state index in [2.05, 4.69) is 15.3 Å². The molecule has 0 aliphatic rings. The highest BCUT2D eigenvalue weighted by molar-refractivity contribution is 7.13. The lowest BCUT2D eigenvalue weighted by Crippen LogP contribution is -2.06. The third-order valence-electron chi connectivity index (χ3n) is 2.20. The van der Waals surface area contributed by atoms with Crippen LogP contribution < -0.4 is 0 Å². The number of aromatic nitrogens is 4. The van der Waals surface area contributed by atoms with Crippen LogP contribution in [0.1, 0.15) is 28.0 Å². The molecule has 2 aromatic rings. The molecule has 0 unspecified atom stereocenters. The van der Waals surface area contributed by atoms with Crippen LogP contribution in [-0.4, -0.2) is 32.6 Å². The van der Waals surface area contributed by atoms with E-state index in [0.29, 0.717) is 23.0 Å². The Kier molecular flexibility index (Phi) is 3.19. The van der Waals surface area contributed by atoms with Crippen molar-refractivity contribution in [3.63, 3.8) is 0 Å². The Bertz CT molecular complexity index is 546. The second kappa shape index (κ2) is 4.62. The Balaban J connectivity index is 2.36. The number of nitrogens with zero attached hydrogens (tertiary/aromatic N) is 4. The van der Waals surface area contributed by atoms with Crippen molar-refractivity contribution in [2.75, 3.05) is 6.61 Å². The Labute approximate surface area is 102 Å². The number of hydrogen-bond donors (Lipinski definition) is 0. The fraction of sp³-hybridized carbons (Fsp3) is 0.400. The van der Waals surface area contributed by atoms with Crippen molar-refractivity contribution in [1.82, 2.24) is 20.0 Å². The highest BCUT2D eigenvalue weighted by Gasteiger charge is 2.17. The van der Waals surface area contributed by atoms with E-state index in [1.54, 1.807) is 18.5 Å². The molecule has 7 heteroatoms. The summed E-state index contributed by atoms with van der Waals surface area (Å²) in [6.45, 7) is 5.79. The maximum Gasteiger partial charge on any atom is 0.341 e.